The molecule has 0 bridgehead atoms. The predicted molar refractivity (Wildman–Crippen MR) is 64.7 cm³/mol. The van der Waals surface area contributed by atoms with E-state index in [2.05, 4.69) is 5.10 Å². The maximum Gasteiger partial charge on any atom is 0.149 e. The zero-order valence-electron chi connectivity index (χ0n) is 10.0. The lowest BCUT2D eigenvalue weighted by Gasteiger charge is -2.08. The minimum absolute atomic E-state index is 0.132. The minimum atomic E-state index is -0.480. The molecule has 0 atom stereocenters. The standard InChI is InChI=1S/C13H13F2N3/c1-7-5-10(15)12(6-9(7)14)18-11-4-2-3-8(11)13(16)17-18/h5-6H,2-4H2,1H3,(H2,16,17). The number of hydrogen-bond acceptors (Lipinski definition) is 2. The number of anilines is 1. The summed E-state index contributed by atoms with van der Waals surface area (Å²) in [6.45, 7) is 1.53. The number of nitrogen functional groups attached to an aromatic ring is 1. The summed E-state index contributed by atoms with van der Waals surface area (Å²) in [4.78, 5) is 0. The number of hydrogen-bond donors (Lipinski definition) is 1. The number of nitrogens with two attached hydrogens (primary N) is 1. The maximum absolute atomic E-state index is 13.9. The van der Waals surface area contributed by atoms with E-state index < -0.39 is 11.6 Å². The Morgan fingerprint density at radius 2 is 2.00 bits per heavy atom. The second-order valence-corrected chi connectivity index (χ2v) is 4.63. The summed E-state index contributed by atoms with van der Waals surface area (Å²) in [7, 11) is 0. The summed E-state index contributed by atoms with van der Waals surface area (Å²) < 4.78 is 28.9. The second-order valence-electron chi connectivity index (χ2n) is 4.63. The van der Waals surface area contributed by atoms with Crippen molar-refractivity contribution in [1.29, 1.82) is 0 Å². The van der Waals surface area contributed by atoms with Gasteiger partial charge in [-0.1, -0.05) is 0 Å². The molecule has 1 aromatic heterocycles. The van der Waals surface area contributed by atoms with Crippen molar-refractivity contribution in [3.8, 4) is 5.69 Å². The average molecular weight is 249 g/mol. The zero-order chi connectivity index (χ0) is 12.9. The summed E-state index contributed by atoms with van der Waals surface area (Å²) in [6, 6.07) is 2.36. The van der Waals surface area contributed by atoms with Gasteiger partial charge in [-0.2, -0.15) is 5.10 Å². The molecular formula is C13H13F2N3. The van der Waals surface area contributed by atoms with Gasteiger partial charge in [0.15, 0.2) is 0 Å². The monoisotopic (exact) mass is 249 g/mol. The molecule has 18 heavy (non-hydrogen) atoms. The molecular weight excluding hydrogens is 236 g/mol. The van der Waals surface area contributed by atoms with Crippen LogP contribution in [-0.4, -0.2) is 9.78 Å². The van der Waals surface area contributed by atoms with Gasteiger partial charge in [-0.25, -0.2) is 13.5 Å². The summed E-state index contributed by atoms with van der Waals surface area (Å²) in [5.41, 5.74) is 8.08. The molecule has 94 valence electrons. The van der Waals surface area contributed by atoms with E-state index in [0.29, 0.717) is 5.82 Å². The summed E-state index contributed by atoms with van der Waals surface area (Å²) in [5, 5.41) is 4.12. The van der Waals surface area contributed by atoms with E-state index in [1.807, 2.05) is 0 Å². The molecule has 0 fully saturated rings. The highest BCUT2D eigenvalue weighted by Crippen LogP contribution is 2.30. The molecule has 0 radical (unpaired) electrons. The van der Waals surface area contributed by atoms with Gasteiger partial charge in [-0.15, -0.1) is 0 Å². The number of fused-ring (bicyclic) bond motifs is 1. The predicted octanol–water partition coefficient (Wildman–Crippen LogP) is 2.53. The first-order chi connectivity index (χ1) is 8.58. The van der Waals surface area contributed by atoms with Crippen molar-refractivity contribution in [2.75, 3.05) is 5.73 Å². The van der Waals surface area contributed by atoms with Crippen LogP contribution in [-0.2, 0) is 12.8 Å². The van der Waals surface area contributed by atoms with Gasteiger partial charge < -0.3 is 5.73 Å². The van der Waals surface area contributed by atoms with E-state index in [1.165, 1.54) is 23.7 Å². The Hall–Kier alpha value is -1.91. The van der Waals surface area contributed by atoms with Crippen molar-refractivity contribution in [1.82, 2.24) is 9.78 Å². The van der Waals surface area contributed by atoms with Crippen LogP contribution in [0.2, 0.25) is 0 Å². The molecule has 0 unspecified atom stereocenters. The summed E-state index contributed by atoms with van der Waals surface area (Å²) >= 11 is 0. The summed E-state index contributed by atoms with van der Waals surface area (Å²) in [5.74, 6) is -0.499. The van der Waals surface area contributed by atoms with Crippen LogP contribution < -0.4 is 5.73 Å². The Kier molecular flexibility index (Phi) is 2.36. The van der Waals surface area contributed by atoms with Crippen LogP contribution in [0.4, 0.5) is 14.6 Å². The maximum atomic E-state index is 13.9. The average Bonchev–Trinajstić information content (AvgIpc) is 2.89. The fourth-order valence-corrected chi connectivity index (χ4v) is 2.46. The quantitative estimate of drug-likeness (QED) is 0.844. The van der Waals surface area contributed by atoms with Gasteiger partial charge in [0.2, 0.25) is 0 Å². The first-order valence-corrected chi connectivity index (χ1v) is 5.90. The zero-order valence-corrected chi connectivity index (χ0v) is 10.0. The van der Waals surface area contributed by atoms with Gasteiger partial charge in [0.25, 0.3) is 0 Å². The summed E-state index contributed by atoms with van der Waals surface area (Å²) in [6.07, 6.45) is 2.64. The molecule has 2 N–H and O–H groups in total. The third kappa shape index (κ3) is 1.50. The van der Waals surface area contributed by atoms with E-state index in [1.54, 1.807) is 0 Å². The second kappa shape index (κ2) is 3.80. The SMILES string of the molecule is Cc1cc(F)c(-n2nc(N)c3c2CCC3)cc1F. The van der Waals surface area contributed by atoms with Crippen molar-refractivity contribution in [3.05, 3.63) is 40.6 Å². The van der Waals surface area contributed by atoms with E-state index in [-0.39, 0.29) is 11.3 Å². The smallest absolute Gasteiger partial charge is 0.149 e. The highest BCUT2D eigenvalue weighted by molar-refractivity contribution is 5.50. The number of aromatic nitrogens is 2. The van der Waals surface area contributed by atoms with E-state index in [0.717, 1.165) is 30.5 Å². The van der Waals surface area contributed by atoms with Gasteiger partial charge in [-0.05, 0) is 37.8 Å². The third-order valence-electron chi connectivity index (χ3n) is 3.42. The van der Waals surface area contributed by atoms with E-state index in [9.17, 15) is 8.78 Å². The normalized spacial score (nSPS) is 13.9. The highest BCUT2D eigenvalue weighted by atomic mass is 19.1. The number of nitrogens with zero attached hydrogens (tertiary/aromatic N) is 2. The lowest BCUT2D eigenvalue weighted by Crippen LogP contribution is -2.05. The van der Waals surface area contributed by atoms with Crippen LogP contribution in [0.1, 0.15) is 23.2 Å². The van der Waals surface area contributed by atoms with Gasteiger partial charge >= 0.3 is 0 Å². The Balaban J connectivity index is 2.22. The Bertz CT molecular complexity index is 632. The molecule has 5 heteroatoms. The molecule has 1 aliphatic rings. The van der Waals surface area contributed by atoms with Crippen molar-refractivity contribution < 1.29 is 8.78 Å². The van der Waals surface area contributed by atoms with Gasteiger partial charge in [-0.3, -0.25) is 0 Å². The van der Waals surface area contributed by atoms with Crippen LogP contribution in [0.25, 0.3) is 5.69 Å². The number of benzene rings is 1. The molecule has 0 saturated carbocycles. The molecule has 1 aliphatic carbocycles. The fourth-order valence-electron chi connectivity index (χ4n) is 2.46. The molecule has 1 heterocycles. The Labute approximate surface area is 103 Å². The van der Waals surface area contributed by atoms with E-state index in [4.69, 9.17) is 5.73 Å². The molecule has 0 aliphatic heterocycles. The Morgan fingerprint density at radius 1 is 1.22 bits per heavy atom. The van der Waals surface area contributed by atoms with E-state index >= 15 is 0 Å². The molecule has 0 saturated heterocycles. The van der Waals surface area contributed by atoms with Crippen LogP contribution in [0.3, 0.4) is 0 Å². The van der Waals surface area contributed by atoms with Crippen LogP contribution in [0.15, 0.2) is 12.1 Å². The minimum Gasteiger partial charge on any atom is -0.382 e. The molecule has 0 amide bonds. The van der Waals surface area contributed by atoms with Gasteiger partial charge in [0, 0.05) is 17.3 Å². The Morgan fingerprint density at radius 3 is 2.78 bits per heavy atom. The lowest BCUT2D eigenvalue weighted by atomic mass is 10.2. The molecule has 3 rings (SSSR count). The molecule has 0 spiro atoms. The van der Waals surface area contributed by atoms with Crippen molar-refractivity contribution in [3.63, 3.8) is 0 Å². The van der Waals surface area contributed by atoms with Crippen molar-refractivity contribution in [2.24, 2.45) is 0 Å². The van der Waals surface area contributed by atoms with Gasteiger partial charge in [0.1, 0.15) is 23.1 Å². The highest BCUT2D eigenvalue weighted by Gasteiger charge is 2.23. The van der Waals surface area contributed by atoms with Crippen LogP contribution in [0, 0.1) is 18.6 Å². The van der Waals surface area contributed by atoms with Crippen LogP contribution in [0.5, 0.6) is 0 Å². The third-order valence-corrected chi connectivity index (χ3v) is 3.42. The first kappa shape index (κ1) is 11.2. The largest absolute Gasteiger partial charge is 0.382 e. The van der Waals surface area contributed by atoms with Crippen molar-refractivity contribution >= 4 is 5.82 Å². The number of halogens is 2. The fraction of sp³-hybridized carbons (Fsp3) is 0.308. The molecule has 2 aromatic rings. The van der Waals surface area contributed by atoms with Gasteiger partial charge in [0.05, 0.1) is 0 Å². The van der Waals surface area contributed by atoms with Crippen LogP contribution >= 0.6 is 0 Å². The molecule has 3 nitrogen and oxygen atoms in total. The number of rotatable bonds is 1. The lowest BCUT2D eigenvalue weighted by molar-refractivity contribution is 0.577. The topological polar surface area (TPSA) is 43.8 Å². The first-order valence-electron chi connectivity index (χ1n) is 5.90. The van der Waals surface area contributed by atoms with Crippen molar-refractivity contribution in [2.45, 2.75) is 26.2 Å². The molecule has 1 aromatic carbocycles. The number of aryl methyl sites for hydroxylation is 1.